The van der Waals surface area contributed by atoms with Crippen molar-refractivity contribution in [2.24, 2.45) is 5.92 Å². The van der Waals surface area contributed by atoms with Crippen molar-refractivity contribution in [2.75, 3.05) is 19.6 Å². The lowest BCUT2D eigenvalue weighted by atomic mass is 9.88. The summed E-state index contributed by atoms with van der Waals surface area (Å²) in [6, 6.07) is 6.19. The van der Waals surface area contributed by atoms with Crippen LogP contribution in [-0.2, 0) is 0 Å². The third kappa shape index (κ3) is 3.74. The van der Waals surface area contributed by atoms with Gasteiger partial charge in [-0.3, -0.25) is 4.90 Å². The van der Waals surface area contributed by atoms with E-state index in [9.17, 15) is 0 Å². The van der Waals surface area contributed by atoms with E-state index in [0.29, 0.717) is 6.04 Å². The molecule has 0 bridgehead atoms. The van der Waals surface area contributed by atoms with Gasteiger partial charge in [0.15, 0.2) is 0 Å². The van der Waals surface area contributed by atoms with Crippen molar-refractivity contribution in [3.63, 3.8) is 0 Å². The molecule has 2 aliphatic carbocycles. The molecule has 0 amide bonds. The molecular formula is C19H30N2S. The number of nitrogens with one attached hydrogen (secondary N) is 1. The normalized spacial score (nSPS) is 31.5. The highest BCUT2D eigenvalue weighted by atomic mass is 32.1. The second kappa shape index (κ2) is 7.02. The highest BCUT2D eigenvalue weighted by Crippen LogP contribution is 2.36. The molecule has 1 aromatic rings. The summed E-state index contributed by atoms with van der Waals surface area (Å²) in [5.74, 6) is 1.71. The SMILES string of the molecule is c1csc(C2CC(NCC3CCCCC3)CN(C3CC3)C2)c1. The Balaban J connectivity index is 1.35. The lowest BCUT2D eigenvalue weighted by Crippen LogP contribution is -2.50. The first-order valence-corrected chi connectivity index (χ1v) is 10.3. The average molecular weight is 319 g/mol. The van der Waals surface area contributed by atoms with Crippen molar-refractivity contribution >= 4 is 11.3 Å². The second-order valence-corrected chi connectivity index (χ2v) is 8.72. The number of hydrogen-bond acceptors (Lipinski definition) is 3. The van der Waals surface area contributed by atoms with Crippen molar-refractivity contribution < 1.29 is 0 Å². The number of piperidine rings is 1. The average Bonchev–Trinajstić information content (AvgIpc) is 3.28. The Kier molecular flexibility index (Phi) is 4.84. The van der Waals surface area contributed by atoms with Gasteiger partial charge < -0.3 is 5.32 Å². The molecule has 3 fully saturated rings. The summed E-state index contributed by atoms with van der Waals surface area (Å²) < 4.78 is 0. The third-order valence-corrected chi connectivity index (χ3v) is 6.94. The molecule has 3 aliphatic rings. The van der Waals surface area contributed by atoms with E-state index >= 15 is 0 Å². The van der Waals surface area contributed by atoms with E-state index in [1.54, 1.807) is 4.88 Å². The fraction of sp³-hybridized carbons (Fsp3) is 0.789. The Morgan fingerprint density at radius 1 is 1.09 bits per heavy atom. The molecule has 1 aliphatic heterocycles. The Morgan fingerprint density at radius 2 is 1.95 bits per heavy atom. The highest BCUT2D eigenvalue weighted by molar-refractivity contribution is 7.10. The fourth-order valence-corrected chi connectivity index (χ4v) is 5.31. The first-order chi connectivity index (χ1) is 10.9. The predicted molar refractivity (Wildman–Crippen MR) is 94.6 cm³/mol. The summed E-state index contributed by atoms with van der Waals surface area (Å²) in [6.45, 7) is 3.85. The Labute approximate surface area is 139 Å². The quantitative estimate of drug-likeness (QED) is 0.873. The van der Waals surface area contributed by atoms with Gasteiger partial charge in [0.05, 0.1) is 0 Å². The van der Waals surface area contributed by atoms with E-state index in [-0.39, 0.29) is 0 Å². The van der Waals surface area contributed by atoms with Crippen molar-refractivity contribution in [2.45, 2.75) is 69.4 Å². The summed E-state index contributed by atoms with van der Waals surface area (Å²) in [4.78, 5) is 4.39. The molecular weight excluding hydrogens is 288 g/mol. The van der Waals surface area contributed by atoms with E-state index in [2.05, 4.69) is 27.7 Å². The summed E-state index contributed by atoms with van der Waals surface area (Å²) in [7, 11) is 0. The van der Waals surface area contributed by atoms with Crippen LogP contribution in [0.25, 0.3) is 0 Å². The number of likely N-dealkylation sites (tertiary alicyclic amines) is 1. The van der Waals surface area contributed by atoms with Crippen LogP contribution in [0.15, 0.2) is 17.5 Å². The topological polar surface area (TPSA) is 15.3 Å². The van der Waals surface area contributed by atoms with Gasteiger partial charge in [0.2, 0.25) is 0 Å². The molecule has 1 aromatic heterocycles. The summed E-state index contributed by atoms with van der Waals surface area (Å²) in [6.07, 6.45) is 11.5. The third-order valence-electron chi connectivity index (χ3n) is 5.91. The Hall–Kier alpha value is -0.380. The lowest BCUT2D eigenvalue weighted by Gasteiger charge is -2.39. The first kappa shape index (κ1) is 15.2. The van der Waals surface area contributed by atoms with E-state index < -0.39 is 0 Å². The van der Waals surface area contributed by atoms with Crippen LogP contribution in [0.5, 0.6) is 0 Å². The Morgan fingerprint density at radius 3 is 2.68 bits per heavy atom. The zero-order valence-corrected chi connectivity index (χ0v) is 14.5. The van der Waals surface area contributed by atoms with Crippen molar-refractivity contribution in [1.82, 2.24) is 10.2 Å². The number of rotatable bonds is 5. The maximum atomic E-state index is 3.96. The molecule has 4 rings (SSSR count). The molecule has 1 N–H and O–H groups in total. The number of nitrogens with zero attached hydrogens (tertiary/aromatic N) is 1. The Bertz CT molecular complexity index is 448. The monoisotopic (exact) mass is 318 g/mol. The van der Waals surface area contributed by atoms with Crippen LogP contribution in [0.3, 0.4) is 0 Å². The maximum Gasteiger partial charge on any atom is 0.0201 e. The van der Waals surface area contributed by atoms with Gasteiger partial charge >= 0.3 is 0 Å². The van der Waals surface area contributed by atoms with E-state index in [1.807, 2.05) is 11.3 Å². The second-order valence-electron chi connectivity index (χ2n) is 7.74. The lowest BCUT2D eigenvalue weighted by molar-refractivity contribution is 0.159. The molecule has 1 saturated heterocycles. The molecule has 2 unspecified atom stereocenters. The zero-order chi connectivity index (χ0) is 14.8. The minimum absolute atomic E-state index is 0.711. The largest absolute Gasteiger partial charge is 0.312 e. The van der Waals surface area contributed by atoms with Gasteiger partial charge in [0.1, 0.15) is 0 Å². The standard InChI is InChI=1S/C19H30N2S/c1-2-5-15(6-3-1)12-20-17-11-16(19-7-4-10-22-19)13-21(14-17)18-8-9-18/h4,7,10,15-18,20H,1-3,5-6,8-9,11-14H2. The molecule has 22 heavy (non-hydrogen) atoms. The summed E-state index contributed by atoms with van der Waals surface area (Å²) in [5.41, 5.74) is 0. The molecule has 0 spiro atoms. The van der Waals surface area contributed by atoms with Crippen LogP contribution in [0.1, 0.15) is 62.2 Å². The molecule has 0 radical (unpaired) electrons. The smallest absolute Gasteiger partial charge is 0.0201 e. The fourth-order valence-electron chi connectivity index (χ4n) is 4.47. The van der Waals surface area contributed by atoms with Gasteiger partial charge in [-0.2, -0.15) is 0 Å². The predicted octanol–water partition coefficient (Wildman–Crippen LogP) is 4.24. The molecule has 2 heterocycles. The number of thiophene rings is 1. The van der Waals surface area contributed by atoms with Gasteiger partial charge in [0, 0.05) is 36.0 Å². The molecule has 2 nitrogen and oxygen atoms in total. The first-order valence-electron chi connectivity index (χ1n) is 9.39. The van der Waals surface area contributed by atoms with Gasteiger partial charge in [-0.1, -0.05) is 25.3 Å². The minimum Gasteiger partial charge on any atom is -0.312 e. The molecule has 2 atom stereocenters. The van der Waals surface area contributed by atoms with Crippen molar-refractivity contribution in [1.29, 1.82) is 0 Å². The van der Waals surface area contributed by atoms with Crippen molar-refractivity contribution in [3.8, 4) is 0 Å². The van der Waals surface area contributed by atoms with Gasteiger partial charge in [-0.15, -0.1) is 11.3 Å². The summed E-state index contributed by atoms with van der Waals surface area (Å²) in [5, 5.41) is 6.20. The van der Waals surface area contributed by atoms with Gasteiger partial charge in [-0.05, 0) is 56.0 Å². The summed E-state index contributed by atoms with van der Waals surface area (Å²) >= 11 is 1.96. The maximum absolute atomic E-state index is 3.96. The van der Waals surface area contributed by atoms with Crippen LogP contribution in [-0.4, -0.2) is 36.6 Å². The van der Waals surface area contributed by atoms with Gasteiger partial charge in [0.25, 0.3) is 0 Å². The zero-order valence-electron chi connectivity index (χ0n) is 13.7. The van der Waals surface area contributed by atoms with E-state index in [1.165, 1.54) is 71.0 Å². The highest BCUT2D eigenvalue weighted by Gasteiger charge is 2.36. The minimum atomic E-state index is 0.711. The number of hydrogen-bond donors (Lipinski definition) is 1. The van der Waals surface area contributed by atoms with E-state index in [4.69, 9.17) is 0 Å². The van der Waals surface area contributed by atoms with Crippen LogP contribution < -0.4 is 5.32 Å². The molecule has 3 heteroatoms. The molecule has 0 aromatic carbocycles. The van der Waals surface area contributed by atoms with Crippen LogP contribution in [0, 0.1) is 5.92 Å². The molecule has 122 valence electrons. The molecule has 2 saturated carbocycles. The van der Waals surface area contributed by atoms with Gasteiger partial charge in [-0.25, -0.2) is 0 Å². The van der Waals surface area contributed by atoms with Crippen LogP contribution >= 0.6 is 11.3 Å². The van der Waals surface area contributed by atoms with Crippen molar-refractivity contribution in [3.05, 3.63) is 22.4 Å². The van der Waals surface area contributed by atoms with E-state index in [0.717, 1.165) is 17.9 Å². The van der Waals surface area contributed by atoms with Crippen LogP contribution in [0.2, 0.25) is 0 Å². The van der Waals surface area contributed by atoms with Crippen LogP contribution in [0.4, 0.5) is 0 Å².